The van der Waals surface area contributed by atoms with Crippen molar-refractivity contribution in [3.05, 3.63) is 34.4 Å². The summed E-state index contributed by atoms with van der Waals surface area (Å²) >= 11 is 6.91. The number of amides is 1. The first-order valence-corrected chi connectivity index (χ1v) is 8.69. The number of nitrogens with zero attached hydrogens (tertiary/aromatic N) is 2. The molecule has 4 nitrogen and oxygen atoms in total. The third-order valence-electron chi connectivity index (χ3n) is 3.74. The number of aryl methyl sites for hydroxylation is 1. The van der Waals surface area contributed by atoms with Crippen LogP contribution in [0.1, 0.15) is 12.1 Å². The largest absolute Gasteiger partial charge is 0.294 e. The van der Waals surface area contributed by atoms with Crippen LogP contribution in [-0.4, -0.2) is 28.0 Å². The van der Waals surface area contributed by atoms with Crippen LogP contribution >= 0.6 is 31.9 Å². The molecule has 21 heavy (non-hydrogen) atoms. The van der Waals surface area contributed by atoms with Gasteiger partial charge in [0.05, 0.1) is 0 Å². The molecular formula is C15H15Br2N3O. The molecule has 6 heteroatoms. The van der Waals surface area contributed by atoms with Gasteiger partial charge in [0.1, 0.15) is 0 Å². The van der Waals surface area contributed by atoms with E-state index < -0.39 is 0 Å². The molecule has 1 unspecified atom stereocenters. The minimum Gasteiger partial charge on any atom is -0.294 e. The van der Waals surface area contributed by atoms with E-state index in [1.54, 1.807) is 4.90 Å². The molecule has 1 amide bonds. The van der Waals surface area contributed by atoms with E-state index in [2.05, 4.69) is 42.1 Å². The minimum absolute atomic E-state index is 0.143. The number of halogens is 2. The normalized spacial score (nSPS) is 18.5. The number of carbonyl (C=O) groups is 1. The fourth-order valence-electron chi connectivity index (χ4n) is 2.66. The average molecular weight is 413 g/mol. The number of anilines is 1. The van der Waals surface area contributed by atoms with Gasteiger partial charge in [-0.15, -0.1) is 0 Å². The zero-order valence-corrected chi connectivity index (χ0v) is 14.7. The summed E-state index contributed by atoms with van der Waals surface area (Å²) in [5, 5.41) is 8.22. The number of benzene rings is 1. The molecule has 1 fully saturated rings. The van der Waals surface area contributed by atoms with Crippen LogP contribution in [0.15, 0.2) is 28.7 Å². The average Bonchev–Trinajstić information content (AvgIpc) is 3.03. The first-order chi connectivity index (χ1) is 10.1. The Kier molecular flexibility index (Phi) is 4.17. The van der Waals surface area contributed by atoms with E-state index in [1.165, 1.54) is 0 Å². The Morgan fingerprint density at radius 3 is 2.71 bits per heavy atom. The lowest BCUT2D eigenvalue weighted by atomic mass is 10.1. The van der Waals surface area contributed by atoms with E-state index in [9.17, 15) is 4.79 Å². The maximum atomic E-state index is 12.2. The SMILES string of the molecule is Cc1[nH]nc(N2CC(CBr)CC2=O)c1-c1ccc(Br)cc1. The molecule has 0 bridgehead atoms. The van der Waals surface area contributed by atoms with Crippen LogP contribution in [0.3, 0.4) is 0 Å². The number of hydrogen-bond acceptors (Lipinski definition) is 2. The highest BCUT2D eigenvalue weighted by atomic mass is 79.9. The molecular weight excluding hydrogens is 398 g/mol. The highest BCUT2D eigenvalue weighted by molar-refractivity contribution is 9.10. The Morgan fingerprint density at radius 1 is 1.38 bits per heavy atom. The van der Waals surface area contributed by atoms with Crippen molar-refractivity contribution < 1.29 is 4.79 Å². The van der Waals surface area contributed by atoms with Gasteiger partial charge in [0.2, 0.25) is 5.91 Å². The van der Waals surface area contributed by atoms with Gasteiger partial charge in [-0.05, 0) is 30.5 Å². The number of aromatic nitrogens is 2. The van der Waals surface area contributed by atoms with Gasteiger partial charge in [0.15, 0.2) is 5.82 Å². The van der Waals surface area contributed by atoms with Crippen LogP contribution in [0.25, 0.3) is 11.1 Å². The van der Waals surface area contributed by atoms with Crippen molar-refractivity contribution in [2.24, 2.45) is 5.92 Å². The van der Waals surface area contributed by atoms with E-state index in [-0.39, 0.29) is 5.91 Å². The summed E-state index contributed by atoms with van der Waals surface area (Å²) < 4.78 is 1.03. The molecule has 1 aromatic heterocycles. The number of H-pyrrole nitrogens is 1. The second-order valence-electron chi connectivity index (χ2n) is 5.28. The molecule has 1 atom stereocenters. The number of nitrogens with one attached hydrogen (secondary N) is 1. The monoisotopic (exact) mass is 411 g/mol. The number of alkyl halides is 1. The van der Waals surface area contributed by atoms with E-state index in [0.29, 0.717) is 12.3 Å². The standard InChI is InChI=1S/C15H15Br2N3O/c1-9-14(11-2-4-12(17)5-3-11)15(19-18-9)20-8-10(7-16)6-13(20)21/h2-5,10H,6-8H2,1H3,(H,18,19). The van der Waals surface area contributed by atoms with Gasteiger partial charge in [-0.1, -0.05) is 44.0 Å². The fourth-order valence-corrected chi connectivity index (χ4v) is 3.36. The Hall–Kier alpha value is -1.14. The lowest BCUT2D eigenvalue weighted by Crippen LogP contribution is -2.25. The molecule has 0 spiro atoms. The molecule has 1 aliphatic rings. The molecule has 1 N–H and O–H groups in total. The first-order valence-electron chi connectivity index (χ1n) is 6.77. The van der Waals surface area contributed by atoms with Crippen molar-refractivity contribution in [3.8, 4) is 11.1 Å². The third-order valence-corrected chi connectivity index (χ3v) is 5.18. The van der Waals surface area contributed by atoms with Gasteiger partial charge in [-0.2, -0.15) is 5.10 Å². The summed E-state index contributed by atoms with van der Waals surface area (Å²) in [7, 11) is 0. The lowest BCUT2D eigenvalue weighted by molar-refractivity contribution is -0.117. The van der Waals surface area contributed by atoms with E-state index in [4.69, 9.17) is 0 Å². The zero-order chi connectivity index (χ0) is 15.0. The Bertz CT molecular complexity index is 666. The molecule has 0 saturated carbocycles. The quantitative estimate of drug-likeness (QED) is 0.777. The van der Waals surface area contributed by atoms with Crippen molar-refractivity contribution in [2.45, 2.75) is 13.3 Å². The highest BCUT2D eigenvalue weighted by Crippen LogP contribution is 2.35. The van der Waals surface area contributed by atoms with Crippen LogP contribution < -0.4 is 4.90 Å². The molecule has 3 rings (SSSR count). The molecule has 0 radical (unpaired) electrons. The van der Waals surface area contributed by atoms with Crippen molar-refractivity contribution in [1.29, 1.82) is 0 Å². The first kappa shape index (κ1) is 14.8. The third kappa shape index (κ3) is 2.79. The molecule has 2 aromatic rings. The Labute approximate surface area is 140 Å². The maximum Gasteiger partial charge on any atom is 0.228 e. The molecule has 0 aliphatic carbocycles. The van der Waals surface area contributed by atoms with Gasteiger partial charge in [-0.3, -0.25) is 14.8 Å². The van der Waals surface area contributed by atoms with Crippen LogP contribution in [0.4, 0.5) is 5.82 Å². The van der Waals surface area contributed by atoms with Gasteiger partial charge in [-0.25, -0.2) is 0 Å². The van der Waals surface area contributed by atoms with Crippen molar-refractivity contribution in [3.63, 3.8) is 0 Å². The summed E-state index contributed by atoms with van der Waals surface area (Å²) in [5.41, 5.74) is 3.04. The summed E-state index contributed by atoms with van der Waals surface area (Å²) in [4.78, 5) is 14.0. The minimum atomic E-state index is 0.143. The maximum absolute atomic E-state index is 12.2. The second-order valence-corrected chi connectivity index (χ2v) is 6.85. The van der Waals surface area contributed by atoms with Gasteiger partial charge in [0, 0.05) is 34.0 Å². The summed E-state index contributed by atoms with van der Waals surface area (Å²) in [6, 6.07) is 8.07. The second kappa shape index (κ2) is 5.93. The molecule has 110 valence electrons. The molecule has 1 aromatic carbocycles. The van der Waals surface area contributed by atoms with Crippen LogP contribution in [0, 0.1) is 12.8 Å². The molecule has 1 saturated heterocycles. The van der Waals surface area contributed by atoms with E-state index in [1.807, 2.05) is 31.2 Å². The summed E-state index contributed by atoms with van der Waals surface area (Å²) in [5.74, 6) is 1.24. The van der Waals surface area contributed by atoms with Gasteiger partial charge >= 0.3 is 0 Å². The predicted octanol–water partition coefficient (Wildman–Crippen LogP) is 3.90. The van der Waals surface area contributed by atoms with E-state index >= 15 is 0 Å². The summed E-state index contributed by atoms with van der Waals surface area (Å²) in [6.07, 6.45) is 0.580. The van der Waals surface area contributed by atoms with Crippen molar-refractivity contribution in [1.82, 2.24) is 10.2 Å². The Morgan fingerprint density at radius 2 is 2.10 bits per heavy atom. The van der Waals surface area contributed by atoms with Crippen LogP contribution in [0.5, 0.6) is 0 Å². The van der Waals surface area contributed by atoms with Crippen molar-refractivity contribution in [2.75, 3.05) is 16.8 Å². The van der Waals surface area contributed by atoms with E-state index in [0.717, 1.165) is 39.0 Å². The smallest absolute Gasteiger partial charge is 0.228 e. The van der Waals surface area contributed by atoms with Crippen LogP contribution in [0.2, 0.25) is 0 Å². The topological polar surface area (TPSA) is 49.0 Å². The van der Waals surface area contributed by atoms with Gasteiger partial charge < -0.3 is 0 Å². The molecule has 1 aliphatic heterocycles. The zero-order valence-electron chi connectivity index (χ0n) is 11.6. The summed E-state index contributed by atoms with van der Waals surface area (Å²) in [6.45, 7) is 2.70. The molecule has 2 heterocycles. The number of aromatic amines is 1. The lowest BCUT2D eigenvalue weighted by Gasteiger charge is -2.15. The Balaban J connectivity index is 2.01. The number of hydrogen-bond donors (Lipinski definition) is 1. The predicted molar refractivity (Wildman–Crippen MR) is 90.7 cm³/mol. The van der Waals surface area contributed by atoms with Gasteiger partial charge in [0.25, 0.3) is 0 Å². The van der Waals surface area contributed by atoms with Crippen LogP contribution in [-0.2, 0) is 4.79 Å². The number of rotatable bonds is 3. The number of carbonyl (C=O) groups excluding carboxylic acids is 1. The highest BCUT2D eigenvalue weighted by Gasteiger charge is 2.33. The van der Waals surface area contributed by atoms with Crippen molar-refractivity contribution >= 4 is 43.6 Å². The fraction of sp³-hybridized carbons (Fsp3) is 0.333.